The van der Waals surface area contributed by atoms with Gasteiger partial charge in [-0.15, -0.1) is 0 Å². The minimum atomic E-state index is -1.80. The number of aryl methyl sites for hydroxylation is 2. The molecule has 6 atom stereocenters. The second kappa shape index (κ2) is 22.6. The van der Waals surface area contributed by atoms with Crippen LogP contribution in [0.1, 0.15) is 65.2 Å². The van der Waals surface area contributed by atoms with Crippen molar-refractivity contribution < 1.29 is 63.1 Å². The van der Waals surface area contributed by atoms with E-state index in [2.05, 4.69) is 26.6 Å². The number of aliphatic carboxylic acids is 2. The summed E-state index contributed by atoms with van der Waals surface area (Å²) in [5.41, 5.74) is 3.71. The van der Waals surface area contributed by atoms with Crippen molar-refractivity contribution in [2.45, 2.75) is 95.8 Å². The van der Waals surface area contributed by atoms with Crippen LogP contribution in [0.4, 0.5) is 5.69 Å². The van der Waals surface area contributed by atoms with E-state index in [1.807, 2.05) is 12.1 Å². The van der Waals surface area contributed by atoms with Gasteiger partial charge >= 0.3 is 17.9 Å². The molecule has 0 spiro atoms. The van der Waals surface area contributed by atoms with Gasteiger partial charge in [-0.05, 0) is 61.9 Å². The number of Topliss-reactive ketones (excluding diaryl/α,β-unsaturated/α-hetero) is 1. The summed E-state index contributed by atoms with van der Waals surface area (Å²) < 4.78 is 11.1. The summed E-state index contributed by atoms with van der Waals surface area (Å²) in [5, 5.41) is 41.8. The number of rotatable bonds is 23. The van der Waals surface area contributed by atoms with Gasteiger partial charge in [0.05, 0.1) is 31.3 Å². The van der Waals surface area contributed by atoms with Crippen molar-refractivity contribution in [3.05, 3.63) is 101 Å². The Morgan fingerprint density at radius 1 is 0.754 bits per heavy atom. The number of carbonyl (C=O) groups excluding carboxylic acids is 6. The van der Waals surface area contributed by atoms with Gasteiger partial charge in [-0.1, -0.05) is 66.7 Å². The summed E-state index contributed by atoms with van der Waals surface area (Å²) in [6.07, 6.45) is -2.20. The number of hydrogen-bond acceptors (Lipinski definition) is 12. The second-order valence-electron chi connectivity index (χ2n) is 14.6. The quantitative estimate of drug-likeness (QED) is 0.0626. The van der Waals surface area contributed by atoms with Crippen LogP contribution < -0.4 is 26.6 Å². The molecule has 326 valence electrons. The minimum absolute atomic E-state index is 0.0172. The van der Waals surface area contributed by atoms with Crippen LogP contribution in [0.5, 0.6) is 0 Å². The molecule has 3 aromatic carbocycles. The molecule has 4 rings (SSSR count). The number of ketones is 1. The van der Waals surface area contributed by atoms with Crippen LogP contribution in [0.3, 0.4) is 0 Å². The molecular weight excluding hydrogens is 794 g/mol. The Labute approximate surface area is 351 Å². The summed E-state index contributed by atoms with van der Waals surface area (Å²) in [6, 6.07) is 14.0. The van der Waals surface area contributed by atoms with E-state index in [1.165, 1.54) is 6.92 Å². The van der Waals surface area contributed by atoms with Crippen molar-refractivity contribution in [1.82, 2.24) is 21.3 Å². The van der Waals surface area contributed by atoms with Crippen LogP contribution in [0.15, 0.2) is 72.8 Å². The highest BCUT2D eigenvalue weighted by Gasteiger charge is 2.36. The maximum absolute atomic E-state index is 14.0. The Bertz CT molecular complexity index is 2030. The van der Waals surface area contributed by atoms with Gasteiger partial charge in [-0.3, -0.25) is 33.6 Å². The molecule has 0 aliphatic carbocycles. The maximum Gasteiger partial charge on any atom is 0.339 e. The number of carboxylic acid groups (broad SMARTS) is 2. The number of fused-ring (bicyclic) bond motifs is 1. The van der Waals surface area contributed by atoms with Gasteiger partial charge in [0.15, 0.2) is 12.4 Å². The lowest BCUT2D eigenvalue weighted by Gasteiger charge is -2.29. The fraction of sp³-hybridized carbons (Fsp3) is 0.395. The number of anilines is 1. The van der Waals surface area contributed by atoms with Crippen LogP contribution in [0.25, 0.3) is 0 Å². The van der Waals surface area contributed by atoms with E-state index in [4.69, 9.17) is 9.47 Å². The van der Waals surface area contributed by atoms with E-state index in [0.29, 0.717) is 23.1 Å². The van der Waals surface area contributed by atoms with Crippen molar-refractivity contribution >= 4 is 53.0 Å². The molecule has 1 aliphatic rings. The SMILES string of the molecule is Cc1cccc(C)c1C(=O)OCC(=O)[C@H](CC(=O)O)NC(=O)[C@H](CO)NC(=O)[C@@H](NC(=O)[C@H](CCCC(=O)O)NC(=O)[C@@H]1Cc2ccccc2N1)C(C)OCc1ccccc1. The van der Waals surface area contributed by atoms with Gasteiger partial charge in [0.1, 0.15) is 30.2 Å². The molecule has 8 N–H and O–H groups in total. The first-order valence-corrected chi connectivity index (χ1v) is 19.6. The van der Waals surface area contributed by atoms with E-state index in [-0.39, 0.29) is 31.4 Å². The van der Waals surface area contributed by atoms with Crippen molar-refractivity contribution in [2.75, 3.05) is 18.5 Å². The first kappa shape index (κ1) is 47.0. The Morgan fingerprint density at radius 3 is 2.03 bits per heavy atom. The van der Waals surface area contributed by atoms with Gasteiger partial charge in [0, 0.05) is 18.5 Å². The molecule has 18 heteroatoms. The van der Waals surface area contributed by atoms with Crippen molar-refractivity contribution in [2.24, 2.45) is 0 Å². The zero-order valence-corrected chi connectivity index (χ0v) is 34.0. The Hall–Kier alpha value is -6.66. The number of esters is 1. The summed E-state index contributed by atoms with van der Waals surface area (Å²) in [6.45, 7) is 2.82. The minimum Gasteiger partial charge on any atom is -0.481 e. The molecule has 18 nitrogen and oxygen atoms in total. The third kappa shape index (κ3) is 14.0. The monoisotopic (exact) mass is 845 g/mol. The normalized spacial score (nSPS) is 15.3. The molecular formula is C43H51N5O13. The topological polar surface area (TPSA) is 276 Å². The molecule has 0 bridgehead atoms. The van der Waals surface area contributed by atoms with Crippen molar-refractivity contribution in [3.63, 3.8) is 0 Å². The van der Waals surface area contributed by atoms with E-state index in [1.54, 1.807) is 74.5 Å². The van der Waals surface area contributed by atoms with Gasteiger partial charge in [0.25, 0.3) is 0 Å². The highest BCUT2D eigenvalue weighted by atomic mass is 16.5. The van der Waals surface area contributed by atoms with E-state index in [0.717, 1.165) is 11.3 Å². The molecule has 1 heterocycles. The predicted molar refractivity (Wildman–Crippen MR) is 218 cm³/mol. The summed E-state index contributed by atoms with van der Waals surface area (Å²) in [5.74, 6) is -8.10. The van der Waals surface area contributed by atoms with Gasteiger partial charge in [-0.2, -0.15) is 0 Å². The number of aliphatic hydroxyl groups is 1. The van der Waals surface area contributed by atoms with E-state index in [9.17, 15) is 53.7 Å². The fourth-order valence-electron chi connectivity index (χ4n) is 6.60. The standard InChI is InChI=1S/C43H51N5O13/c1-24-11-9-12-25(2)37(24)43(59)61-23-34(50)31(20-36(53)54)46-41(57)33(21-49)47-42(58)38(26(3)60-22-27-13-5-4-6-14-27)48-39(55)30(17-10-18-35(51)52)45-40(56)32-19-28-15-7-8-16-29(28)44-32/h4-9,11-16,26,30-33,38,44,49H,10,17-23H2,1-3H3,(H,45,56)(H,46,57)(H,47,58)(H,48,55)(H,51,52)(H,53,54)/t26?,30-,31-,32-,33-,38-/m0/s1. The molecule has 61 heavy (non-hydrogen) atoms. The van der Waals surface area contributed by atoms with Crippen LogP contribution in [-0.4, -0.2) is 112 Å². The first-order valence-electron chi connectivity index (χ1n) is 19.6. The number of benzene rings is 3. The third-order valence-corrected chi connectivity index (χ3v) is 9.94. The molecule has 0 fully saturated rings. The number of ether oxygens (including phenoxy) is 2. The number of carboxylic acids is 2. The smallest absolute Gasteiger partial charge is 0.339 e. The molecule has 1 aliphatic heterocycles. The molecule has 1 unspecified atom stereocenters. The molecule has 0 radical (unpaired) electrons. The summed E-state index contributed by atoms with van der Waals surface area (Å²) in [4.78, 5) is 104. The number of aliphatic hydroxyl groups excluding tert-OH is 1. The lowest BCUT2D eigenvalue weighted by atomic mass is 10.0. The molecule has 3 aromatic rings. The first-order chi connectivity index (χ1) is 29.1. The van der Waals surface area contributed by atoms with Gasteiger partial charge in [0.2, 0.25) is 23.6 Å². The van der Waals surface area contributed by atoms with Crippen molar-refractivity contribution in [3.8, 4) is 0 Å². The molecule has 0 saturated carbocycles. The number of para-hydroxylation sites is 1. The Balaban J connectivity index is 1.50. The molecule has 4 amide bonds. The summed E-state index contributed by atoms with van der Waals surface area (Å²) >= 11 is 0. The van der Waals surface area contributed by atoms with Crippen LogP contribution in [0.2, 0.25) is 0 Å². The number of hydrogen-bond donors (Lipinski definition) is 8. The lowest BCUT2D eigenvalue weighted by Crippen LogP contribution is -2.61. The number of carbonyl (C=O) groups is 8. The lowest BCUT2D eigenvalue weighted by molar-refractivity contribution is -0.141. The Kier molecular flexibility index (Phi) is 17.5. The average Bonchev–Trinajstić information content (AvgIpc) is 3.67. The zero-order valence-electron chi connectivity index (χ0n) is 34.0. The van der Waals surface area contributed by atoms with Crippen LogP contribution in [-0.2, 0) is 56.1 Å². The highest BCUT2D eigenvalue weighted by Crippen LogP contribution is 2.25. The van der Waals surface area contributed by atoms with Gasteiger partial charge < -0.3 is 51.4 Å². The molecule has 0 aromatic heterocycles. The van der Waals surface area contributed by atoms with Crippen LogP contribution >= 0.6 is 0 Å². The third-order valence-electron chi connectivity index (χ3n) is 9.94. The zero-order chi connectivity index (χ0) is 44.6. The highest BCUT2D eigenvalue weighted by molar-refractivity contribution is 5.99. The van der Waals surface area contributed by atoms with Gasteiger partial charge in [-0.25, -0.2) is 4.79 Å². The number of amides is 4. The predicted octanol–water partition coefficient (Wildman–Crippen LogP) is 1.33. The van der Waals surface area contributed by atoms with E-state index < -0.39 is 103 Å². The van der Waals surface area contributed by atoms with Crippen LogP contribution in [0, 0.1) is 13.8 Å². The average molecular weight is 846 g/mol. The van der Waals surface area contributed by atoms with Crippen molar-refractivity contribution in [1.29, 1.82) is 0 Å². The second-order valence-corrected chi connectivity index (χ2v) is 14.6. The molecule has 0 saturated heterocycles. The Morgan fingerprint density at radius 2 is 1.39 bits per heavy atom. The largest absolute Gasteiger partial charge is 0.481 e. The summed E-state index contributed by atoms with van der Waals surface area (Å²) in [7, 11) is 0. The fourth-order valence-corrected chi connectivity index (χ4v) is 6.60. The maximum atomic E-state index is 14.0. The number of nitrogens with one attached hydrogen (secondary N) is 5. The van der Waals surface area contributed by atoms with E-state index >= 15 is 0 Å².